The Bertz CT molecular complexity index is 1260. The highest BCUT2D eigenvalue weighted by molar-refractivity contribution is 5.77. The predicted octanol–water partition coefficient (Wildman–Crippen LogP) is 11.7. The molecule has 6 rings (SSSR count). The SMILES string of the molecule is C=C(C)[C@@H]1CCCC[C@H]2CC[C@]3(C)[C@](C)(CC[C@@H]4[C@@]5(C)CC=C(C=C6CCC(F)(C(=O)O)CC6)C(C)(C)[C@@H]5CC[C@]43C)[C@]21C. The summed E-state index contributed by atoms with van der Waals surface area (Å²) in [6.07, 6.45) is 20.9. The van der Waals surface area contributed by atoms with Crippen LogP contribution in [0.25, 0.3) is 0 Å². The first-order valence-electron chi connectivity index (χ1n) is 18.4. The van der Waals surface area contributed by atoms with E-state index in [0.29, 0.717) is 52.3 Å². The Morgan fingerprint density at radius 1 is 0.864 bits per heavy atom. The number of rotatable bonds is 3. The Hall–Kier alpha value is -1.38. The van der Waals surface area contributed by atoms with E-state index in [1.165, 1.54) is 80.9 Å². The van der Waals surface area contributed by atoms with Crippen LogP contribution in [-0.2, 0) is 4.79 Å². The van der Waals surface area contributed by atoms with E-state index < -0.39 is 11.6 Å². The fourth-order valence-corrected chi connectivity index (χ4v) is 14.2. The van der Waals surface area contributed by atoms with Gasteiger partial charge in [-0.15, -0.1) is 0 Å². The molecule has 5 fully saturated rings. The van der Waals surface area contributed by atoms with Gasteiger partial charge in [0.2, 0.25) is 5.67 Å². The predicted molar refractivity (Wildman–Crippen MR) is 180 cm³/mol. The van der Waals surface area contributed by atoms with E-state index in [1.54, 1.807) is 0 Å². The molecule has 0 aromatic rings. The zero-order valence-corrected chi connectivity index (χ0v) is 29.5. The molecule has 0 heterocycles. The van der Waals surface area contributed by atoms with Gasteiger partial charge in [-0.25, -0.2) is 9.18 Å². The van der Waals surface area contributed by atoms with Gasteiger partial charge in [-0.3, -0.25) is 0 Å². The van der Waals surface area contributed by atoms with E-state index in [-0.39, 0.29) is 23.7 Å². The first-order valence-corrected chi connectivity index (χ1v) is 18.4. The average molecular weight is 607 g/mol. The van der Waals surface area contributed by atoms with Gasteiger partial charge < -0.3 is 5.11 Å². The topological polar surface area (TPSA) is 37.3 Å². The summed E-state index contributed by atoms with van der Waals surface area (Å²) in [6.45, 7) is 25.6. The van der Waals surface area contributed by atoms with Crippen LogP contribution in [0.3, 0.4) is 0 Å². The monoisotopic (exact) mass is 606 g/mol. The maximum absolute atomic E-state index is 14.8. The summed E-state index contributed by atoms with van der Waals surface area (Å²) in [4.78, 5) is 11.5. The molecule has 0 aromatic carbocycles. The number of carbonyl (C=O) groups is 1. The third-order valence-corrected chi connectivity index (χ3v) is 17.2. The van der Waals surface area contributed by atoms with Crippen LogP contribution in [0.5, 0.6) is 0 Å². The van der Waals surface area contributed by atoms with Gasteiger partial charge in [-0.05, 0) is 152 Å². The molecular weight excluding hydrogens is 543 g/mol. The zero-order valence-electron chi connectivity index (χ0n) is 29.5. The van der Waals surface area contributed by atoms with Crippen molar-refractivity contribution in [3.63, 3.8) is 0 Å². The molecule has 0 aromatic heterocycles. The second-order valence-electron chi connectivity index (χ2n) is 18.6. The number of fused-ring (bicyclic) bond motifs is 7. The molecule has 6 aliphatic carbocycles. The standard InChI is InChI=1S/C41H63FO2/c1-27(2)31-13-11-10-12-29-17-22-38(7)37(6)21-18-32-35(3,4)30(26-28-14-24-41(42,25-15-28)34(43)44)16-20-36(32,5)33(37)19-23-39(38,8)40(29,31)9/h16,26,29,31-33H,1,10-15,17-25H2,2-9H3,(H,43,44)/t29-,31-,32-,33+,36-,37+,38-,39-,40+,41?/m0/s1. The Labute approximate surface area is 268 Å². The highest BCUT2D eigenvalue weighted by atomic mass is 19.1. The van der Waals surface area contributed by atoms with Crippen molar-refractivity contribution in [2.24, 2.45) is 56.2 Å². The van der Waals surface area contributed by atoms with Crippen LogP contribution in [-0.4, -0.2) is 16.7 Å². The van der Waals surface area contributed by atoms with E-state index in [4.69, 9.17) is 0 Å². The third-order valence-electron chi connectivity index (χ3n) is 17.2. The van der Waals surface area contributed by atoms with Crippen molar-refractivity contribution in [2.45, 2.75) is 157 Å². The summed E-state index contributed by atoms with van der Waals surface area (Å²) in [7, 11) is 0. The molecule has 0 spiro atoms. The summed E-state index contributed by atoms with van der Waals surface area (Å²) < 4.78 is 14.8. The van der Waals surface area contributed by atoms with Crippen molar-refractivity contribution >= 4 is 5.97 Å². The zero-order chi connectivity index (χ0) is 32.1. The number of aliphatic carboxylic acids is 1. The molecule has 9 atom stereocenters. The van der Waals surface area contributed by atoms with Crippen LogP contribution in [0.2, 0.25) is 0 Å². The minimum absolute atomic E-state index is 0.0516. The van der Waals surface area contributed by atoms with Crippen molar-refractivity contribution in [3.8, 4) is 0 Å². The maximum Gasteiger partial charge on any atom is 0.341 e. The summed E-state index contributed by atoms with van der Waals surface area (Å²) in [5.74, 6) is 1.50. The largest absolute Gasteiger partial charge is 0.479 e. The van der Waals surface area contributed by atoms with Gasteiger partial charge in [-0.2, -0.15) is 0 Å². The third kappa shape index (κ3) is 4.11. The van der Waals surface area contributed by atoms with Gasteiger partial charge >= 0.3 is 5.97 Å². The maximum atomic E-state index is 14.8. The Morgan fingerprint density at radius 3 is 2.11 bits per heavy atom. The van der Waals surface area contributed by atoms with Crippen molar-refractivity contribution in [1.29, 1.82) is 0 Å². The van der Waals surface area contributed by atoms with Crippen LogP contribution in [0.15, 0.2) is 35.5 Å². The number of halogens is 1. The number of hydrogen-bond donors (Lipinski definition) is 1. The molecule has 246 valence electrons. The quantitative estimate of drug-likeness (QED) is 0.325. The normalized spacial score (nSPS) is 50.1. The summed E-state index contributed by atoms with van der Waals surface area (Å²) in [5.41, 5.74) is 3.61. The summed E-state index contributed by atoms with van der Waals surface area (Å²) >= 11 is 0. The lowest BCUT2D eigenvalue weighted by molar-refractivity contribution is -0.283. The number of alkyl halides is 1. The van der Waals surface area contributed by atoms with Gasteiger partial charge in [-0.1, -0.05) is 91.2 Å². The van der Waals surface area contributed by atoms with E-state index in [2.05, 4.69) is 74.1 Å². The first-order chi connectivity index (χ1) is 20.4. The van der Waals surface area contributed by atoms with Gasteiger partial charge in [0, 0.05) is 0 Å². The molecule has 2 nitrogen and oxygen atoms in total. The van der Waals surface area contributed by atoms with Crippen molar-refractivity contribution in [2.75, 3.05) is 0 Å². The molecular formula is C41H63FO2. The Morgan fingerprint density at radius 2 is 1.48 bits per heavy atom. The number of allylic oxidation sites excluding steroid dienone is 5. The number of carboxylic acids is 1. The van der Waals surface area contributed by atoms with Crippen LogP contribution >= 0.6 is 0 Å². The fraction of sp³-hybridized carbons (Fsp3) is 0.829. The molecule has 0 amide bonds. The second-order valence-corrected chi connectivity index (χ2v) is 18.6. The van der Waals surface area contributed by atoms with Gasteiger partial charge in [0.05, 0.1) is 0 Å². The second kappa shape index (κ2) is 10.3. The van der Waals surface area contributed by atoms with Crippen molar-refractivity contribution in [3.05, 3.63) is 35.5 Å². The number of hydrogen-bond acceptors (Lipinski definition) is 1. The van der Waals surface area contributed by atoms with Crippen LogP contribution < -0.4 is 0 Å². The smallest absolute Gasteiger partial charge is 0.341 e. The molecule has 6 aliphatic rings. The molecule has 0 saturated heterocycles. The van der Waals surface area contributed by atoms with Crippen LogP contribution in [0.1, 0.15) is 152 Å². The molecule has 3 heteroatoms. The van der Waals surface area contributed by atoms with Gasteiger partial charge in [0.25, 0.3) is 0 Å². The minimum Gasteiger partial charge on any atom is -0.479 e. The minimum atomic E-state index is -2.05. The van der Waals surface area contributed by atoms with Crippen molar-refractivity contribution in [1.82, 2.24) is 0 Å². The lowest BCUT2D eigenvalue weighted by atomic mass is 9.27. The van der Waals surface area contributed by atoms with Gasteiger partial charge in [0.1, 0.15) is 0 Å². The Kier molecular flexibility index (Phi) is 7.63. The average Bonchev–Trinajstić information content (AvgIpc) is 3.12. The molecule has 0 radical (unpaired) electrons. The fourth-order valence-electron chi connectivity index (χ4n) is 14.2. The molecule has 5 saturated carbocycles. The van der Waals surface area contributed by atoms with E-state index in [0.717, 1.165) is 12.3 Å². The highest BCUT2D eigenvalue weighted by Crippen LogP contribution is 2.81. The lowest BCUT2D eigenvalue weighted by Gasteiger charge is -2.77. The molecule has 1 N–H and O–H groups in total. The highest BCUT2D eigenvalue weighted by Gasteiger charge is 2.74. The first kappa shape index (κ1) is 32.6. The summed E-state index contributed by atoms with van der Waals surface area (Å²) in [5, 5.41) is 9.38. The van der Waals surface area contributed by atoms with E-state index in [1.807, 2.05) is 0 Å². The van der Waals surface area contributed by atoms with Gasteiger partial charge in [0.15, 0.2) is 0 Å². The van der Waals surface area contributed by atoms with E-state index >= 15 is 0 Å². The number of carboxylic acid groups (broad SMARTS) is 1. The molecule has 0 unspecified atom stereocenters. The molecule has 44 heavy (non-hydrogen) atoms. The Balaban J connectivity index is 1.34. The summed E-state index contributed by atoms with van der Waals surface area (Å²) in [6, 6.07) is 0. The van der Waals surface area contributed by atoms with Crippen LogP contribution in [0.4, 0.5) is 4.39 Å². The lowest BCUT2D eigenvalue weighted by Crippen LogP contribution is -2.70. The van der Waals surface area contributed by atoms with Crippen molar-refractivity contribution < 1.29 is 14.3 Å². The molecule has 0 aliphatic heterocycles. The van der Waals surface area contributed by atoms with Crippen LogP contribution in [0, 0.1) is 56.2 Å². The van der Waals surface area contributed by atoms with E-state index in [9.17, 15) is 14.3 Å². The molecule has 0 bridgehead atoms.